The Hall–Kier alpha value is -1.81. The second kappa shape index (κ2) is 4.22. The van der Waals surface area contributed by atoms with Crippen LogP contribution >= 0.6 is 11.6 Å². The molecule has 5 heteroatoms. The summed E-state index contributed by atoms with van der Waals surface area (Å²) in [5, 5.41) is 13.0. The zero-order valence-corrected chi connectivity index (χ0v) is 10.2. The molecule has 1 N–H and O–H groups in total. The zero-order chi connectivity index (χ0) is 12.6. The average Bonchev–Trinajstić information content (AvgIpc) is 2.60. The number of carbonyl (C=O) groups is 1. The summed E-state index contributed by atoms with van der Waals surface area (Å²) in [5.41, 5.74) is 2.92. The molecular weight excluding hydrogens is 240 g/mol. The lowest BCUT2D eigenvalue weighted by Gasteiger charge is -2.07. The molecule has 0 aliphatic carbocycles. The van der Waals surface area contributed by atoms with Gasteiger partial charge in [-0.1, -0.05) is 29.3 Å². The summed E-state index contributed by atoms with van der Waals surface area (Å²) < 4.78 is 1.43. The van der Waals surface area contributed by atoms with Crippen LogP contribution in [0.4, 0.5) is 0 Å². The van der Waals surface area contributed by atoms with Gasteiger partial charge in [-0.25, -0.2) is 9.48 Å². The van der Waals surface area contributed by atoms with Crippen molar-refractivity contribution in [2.45, 2.75) is 13.8 Å². The van der Waals surface area contributed by atoms with Gasteiger partial charge >= 0.3 is 5.97 Å². The van der Waals surface area contributed by atoms with Crippen molar-refractivity contribution >= 4 is 17.6 Å². The molecule has 1 aromatic carbocycles. The molecule has 2 aromatic rings. The number of benzene rings is 1. The number of carboxylic acid groups (broad SMARTS) is 1. The van der Waals surface area contributed by atoms with E-state index in [1.54, 1.807) is 0 Å². The summed E-state index contributed by atoms with van der Waals surface area (Å²) >= 11 is 5.99. The van der Waals surface area contributed by atoms with Crippen LogP contribution in [0, 0.1) is 13.8 Å². The Morgan fingerprint density at radius 3 is 2.65 bits per heavy atom. The molecule has 0 saturated carbocycles. The van der Waals surface area contributed by atoms with Crippen molar-refractivity contribution in [3.05, 3.63) is 46.2 Å². The average molecular weight is 251 g/mol. The van der Waals surface area contributed by atoms with Crippen molar-refractivity contribution in [1.82, 2.24) is 9.78 Å². The van der Waals surface area contributed by atoms with Crippen molar-refractivity contribution in [2.24, 2.45) is 0 Å². The van der Waals surface area contributed by atoms with Crippen LogP contribution in [0.25, 0.3) is 5.69 Å². The number of nitrogens with zero attached hydrogens (tertiary/aromatic N) is 2. The predicted octanol–water partition coefficient (Wildman–Crippen LogP) is 2.84. The highest BCUT2D eigenvalue weighted by Gasteiger charge is 2.16. The molecule has 0 bridgehead atoms. The van der Waals surface area contributed by atoms with E-state index in [1.165, 1.54) is 10.9 Å². The van der Waals surface area contributed by atoms with Gasteiger partial charge in [-0.05, 0) is 25.5 Å². The first kappa shape index (κ1) is 11.7. The van der Waals surface area contributed by atoms with Gasteiger partial charge in [0, 0.05) is 0 Å². The maximum atomic E-state index is 10.9. The highest BCUT2D eigenvalue weighted by atomic mass is 35.5. The lowest BCUT2D eigenvalue weighted by molar-refractivity contribution is 0.0697. The van der Waals surface area contributed by atoms with E-state index in [-0.39, 0.29) is 10.7 Å². The van der Waals surface area contributed by atoms with Crippen molar-refractivity contribution in [3.63, 3.8) is 0 Å². The highest BCUT2D eigenvalue weighted by molar-refractivity contribution is 6.32. The largest absolute Gasteiger partial charge is 0.478 e. The Morgan fingerprint density at radius 1 is 1.41 bits per heavy atom. The molecule has 0 atom stereocenters. The third-order valence-corrected chi connectivity index (χ3v) is 2.89. The summed E-state index contributed by atoms with van der Waals surface area (Å²) in [5.74, 6) is -1.08. The van der Waals surface area contributed by atoms with E-state index in [0.717, 1.165) is 16.8 Å². The van der Waals surface area contributed by atoms with E-state index in [2.05, 4.69) is 5.10 Å². The van der Waals surface area contributed by atoms with Crippen LogP contribution in [0.5, 0.6) is 0 Å². The summed E-state index contributed by atoms with van der Waals surface area (Å²) in [4.78, 5) is 10.9. The van der Waals surface area contributed by atoms with Crippen LogP contribution in [0.1, 0.15) is 21.5 Å². The molecular formula is C12H11ClN2O2. The zero-order valence-electron chi connectivity index (χ0n) is 9.44. The Kier molecular flexibility index (Phi) is 2.90. The number of hydrogen-bond acceptors (Lipinski definition) is 2. The van der Waals surface area contributed by atoms with Gasteiger partial charge in [0.1, 0.15) is 10.7 Å². The standard InChI is InChI=1S/C12H11ClN2O2/c1-7-3-4-10(8(2)5-7)15-11(13)9(6-14-15)12(16)17/h3-6H,1-2H3,(H,16,17). The van der Waals surface area contributed by atoms with Gasteiger partial charge in [0.25, 0.3) is 0 Å². The quantitative estimate of drug-likeness (QED) is 0.892. The molecule has 0 fully saturated rings. The monoisotopic (exact) mass is 250 g/mol. The Balaban J connectivity index is 2.57. The molecule has 1 aromatic heterocycles. The van der Waals surface area contributed by atoms with Gasteiger partial charge in [0.05, 0.1) is 11.9 Å². The number of aromatic carboxylic acids is 1. The fourth-order valence-corrected chi connectivity index (χ4v) is 1.95. The molecule has 4 nitrogen and oxygen atoms in total. The minimum Gasteiger partial charge on any atom is -0.478 e. The molecule has 0 spiro atoms. The second-order valence-electron chi connectivity index (χ2n) is 3.86. The molecule has 0 saturated heterocycles. The molecule has 0 aliphatic heterocycles. The maximum absolute atomic E-state index is 10.9. The van der Waals surface area contributed by atoms with E-state index < -0.39 is 5.97 Å². The third-order valence-electron chi connectivity index (χ3n) is 2.52. The van der Waals surface area contributed by atoms with Crippen LogP contribution in [0.2, 0.25) is 5.15 Å². The van der Waals surface area contributed by atoms with Crippen LogP contribution in [0.15, 0.2) is 24.4 Å². The molecule has 0 radical (unpaired) electrons. The molecule has 1 heterocycles. The summed E-state index contributed by atoms with van der Waals surface area (Å²) in [7, 11) is 0. The van der Waals surface area contributed by atoms with Crippen molar-refractivity contribution < 1.29 is 9.90 Å². The lowest BCUT2D eigenvalue weighted by atomic mass is 10.1. The van der Waals surface area contributed by atoms with Crippen LogP contribution < -0.4 is 0 Å². The first-order valence-electron chi connectivity index (χ1n) is 5.05. The van der Waals surface area contributed by atoms with Gasteiger partial charge in [-0.2, -0.15) is 5.10 Å². The summed E-state index contributed by atoms with van der Waals surface area (Å²) in [6.07, 6.45) is 1.25. The summed E-state index contributed by atoms with van der Waals surface area (Å²) in [6, 6.07) is 5.80. The van der Waals surface area contributed by atoms with Crippen LogP contribution in [-0.4, -0.2) is 20.9 Å². The van der Waals surface area contributed by atoms with Gasteiger partial charge < -0.3 is 5.11 Å². The Morgan fingerprint density at radius 2 is 2.12 bits per heavy atom. The molecule has 88 valence electrons. The Labute approximate surface area is 103 Å². The van der Waals surface area contributed by atoms with Crippen molar-refractivity contribution in [3.8, 4) is 5.69 Å². The Bertz CT molecular complexity index is 590. The highest BCUT2D eigenvalue weighted by Crippen LogP contribution is 2.22. The molecule has 17 heavy (non-hydrogen) atoms. The van der Waals surface area contributed by atoms with Crippen molar-refractivity contribution in [1.29, 1.82) is 0 Å². The summed E-state index contributed by atoms with van der Waals surface area (Å²) in [6.45, 7) is 3.92. The van der Waals surface area contributed by atoms with Gasteiger partial charge in [-0.3, -0.25) is 0 Å². The van der Waals surface area contributed by atoms with E-state index in [1.807, 2.05) is 32.0 Å². The fraction of sp³-hybridized carbons (Fsp3) is 0.167. The number of halogens is 1. The number of hydrogen-bond donors (Lipinski definition) is 1. The van der Waals surface area contributed by atoms with Crippen molar-refractivity contribution in [2.75, 3.05) is 0 Å². The van der Waals surface area contributed by atoms with E-state index in [4.69, 9.17) is 16.7 Å². The number of carboxylic acids is 1. The predicted molar refractivity (Wildman–Crippen MR) is 65.0 cm³/mol. The lowest BCUT2D eigenvalue weighted by Crippen LogP contribution is -2.01. The van der Waals surface area contributed by atoms with Gasteiger partial charge in [0.15, 0.2) is 0 Å². The van der Waals surface area contributed by atoms with E-state index in [0.29, 0.717) is 0 Å². The molecule has 0 aliphatic rings. The SMILES string of the molecule is Cc1ccc(-n2ncc(C(=O)O)c2Cl)c(C)c1. The third kappa shape index (κ3) is 2.03. The van der Waals surface area contributed by atoms with E-state index in [9.17, 15) is 4.79 Å². The van der Waals surface area contributed by atoms with Crippen LogP contribution in [-0.2, 0) is 0 Å². The maximum Gasteiger partial charge on any atom is 0.340 e. The smallest absolute Gasteiger partial charge is 0.340 e. The van der Waals surface area contributed by atoms with E-state index >= 15 is 0 Å². The number of aromatic nitrogens is 2. The number of aryl methyl sites for hydroxylation is 2. The first-order chi connectivity index (χ1) is 8.00. The topological polar surface area (TPSA) is 55.1 Å². The number of rotatable bonds is 2. The first-order valence-corrected chi connectivity index (χ1v) is 5.43. The van der Waals surface area contributed by atoms with Gasteiger partial charge in [0.2, 0.25) is 0 Å². The van der Waals surface area contributed by atoms with Gasteiger partial charge in [-0.15, -0.1) is 0 Å². The van der Waals surface area contributed by atoms with Crippen LogP contribution in [0.3, 0.4) is 0 Å². The normalized spacial score (nSPS) is 10.5. The second-order valence-corrected chi connectivity index (χ2v) is 4.21. The minimum atomic E-state index is -1.08. The molecule has 0 unspecified atom stereocenters. The molecule has 2 rings (SSSR count). The fourth-order valence-electron chi connectivity index (χ4n) is 1.69. The minimum absolute atomic E-state index is 0.00615. The molecule has 0 amide bonds.